The molecule has 12 heavy (non-hydrogen) atoms. The van der Waals surface area contributed by atoms with Gasteiger partial charge in [0.1, 0.15) is 5.82 Å². The fourth-order valence-electron chi connectivity index (χ4n) is 0.697. The third-order valence-electron chi connectivity index (χ3n) is 1.13. The summed E-state index contributed by atoms with van der Waals surface area (Å²) in [4.78, 5) is 0. The highest BCUT2D eigenvalue weighted by Gasteiger charge is 1.92. The Hall–Kier alpha value is -1.29. The van der Waals surface area contributed by atoms with Gasteiger partial charge >= 0.3 is 0 Å². The molecule has 0 nitrogen and oxygen atoms in total. The normalized spacial score (nSPS) is 7.33. The van der Waals surface area contributed by atoms with E-state index in [0.717, 1.165) is 0 Å². The minimum atomic E-state index is -0.253. The van der Waals surface area contributed by atoms with E-state index in [1.807, 2.05) is 13.8 Å². The summed E-state index contributed by atoms with van der Waals surface area (Å²) in [6, 6.07) is 6.48. The van der Waals surface area contributed by atoms with E-state index in [4.69, 9.17) is 0 Å². The van der Waals surface area contributed by atoms with Crippen molar-refractivity contribution in [2.24, 2.45) is 0 Å². The van der Waals surface area contributed by atoms with E-state index < -0.39 is 0 Å². The number of hydrogen-bond donors (Lipinski definition) is 0. The molecule has 0 amide bonds. The Bertz CT molecular complexity index is 279. The van der Waals surface area contributed by atoms with Gasteiger partial charge in [-0.2, -0.15) is 0 Å². The summed E-state index contributed by atoms with van der Waals surface area (Å²) in [7, 11) is 0. The number of rotatable bonds is 0. The lowest BCUT2D eigenvalue weighted by Crippen LogP contribution is -1.79. The number of hydrogen-bond acceptors (Lipinski definition) is 0. The van der Waals surface area contributed by atoms with Crippen molar-refractivity contribution in [1.82, 2.24) is 0 Å². The Kier molecular flexibility index (Phi) is 5.73. The van der Waals surface area contributed by atoms with Crippen LogP contribution in [-0.2, 0) is 0 Å². The molecule has 0 aliphatic carbocycles. The smallest absolute Gasteiger partial charge is 0.138 e. The van der Waals surface area contributed by atoms with Gasteiger partial charge in [0.25, 0.3) is 0 Å². The van der Waals surface area contributed by atoms with Crippen LogP contribution in [-0.4, -0.2) is 0 Å². The van der Waals surface area contributed by atoms with Crippen molar-refractivity contribution in [2.75, 3.05) is 0 Å². The summed E-state index contributed by atoms with van der Waals surface area (Å²) in [5.74, 6) is 5.03. The van der Waals surface area contributed by atoms with Crippen LogP contribution in [0.25, 0.3) is 0 Å². The summed E-state index contributed by atoms with van der Waals surface area (Å²) in [5.41, 5.74) is 0.463. The zero-order valence-electron chi connectivity index (χ0n) is 7.69. The average Bonchev–Trinajstić information content (AvgIpc) is 2.13. The monoisotopic (exact) mass is 164 g/mol. The van der Waals surface area contributed by atoms with E-state index in [1.54, 1.807) is 25.1 Å². The van der Waals surface area contributed by atoms with Gasteiger partial charge in [0.15, 0.2) is 0 Å². The first kappa shape index (κ1) is 10.7. The summed E-state index contributed by atoms with van der Waals surface area (Å²) in [6.07, 6.45) is 0. The molecule has 1 aromatic carbocycles. The van der Waals surface area contributed by atoms with E-state index >= 15 is 0 Å². The van der Waals surface area contributed by atoms with Crippen molar-refractivity contribution in [2.45, 2.75) is 20.8 Å². The maximum absolute atomic E-state index is 12.7. The van der Waals surface area contributed by atoms with Crippen LogP contribution in [0.5, 0.6) is 0 Å². The van der Waals surface area contributed by atoms with Crippen LogP contribution in [0.2, 0.25) is 0 Å². The van der Waals surface area contributed by atoms with E-state index in [9.17, 15) is 4.39 Å². The predicted octanol–water partition coefficient (Wildman–Crippen LogP) is 3.22. The van der Waals surface area contributed by atoms with Crippen molar-refractivity contribution in [3.05, 3.63) is 35.6 Å². The maximum atomic E-state index is 12.7. The molecule has 0 aliphatic heterocycles. The van der Waals surface area contributed by atoms with Crippen LogP contribution in [0.15, 0.2) is 24.3 Å². The van der Waals surface area contributed by atoms with E-state index in [-0.39, 0.29) is 5.82 Å². The first-order valence-electron chi connectivity index (χ1n) is 4.02. The van der Waals surface area contributed by atoms with Gasteiger partial charge in [-0.15, -0.1) is 5.92 Å². The Morgan fingerprint density at radius 1 is 1.17 bits per heavy atom. The third-order valence-corrected chi connectivity index (χ3v) is 1.13. The number of benzene rings is 1. The highest BCUT2D eigenvalue weighted by molar-refractivity contribution is 5.34. The molecule has 64 valence electrons. The largest absolute Gasteiger partial charge is 0.206 e. The first-order valence-corrected chi connectivity index (χ1v) is 4.02. The van der Waals surface area contributed by atoms with E-state index in [0.29, 0.717) is 5.56 Å². The molecular formula is C11H13F. The predicted molar refractivity (Wildman–Crippen MR) is 50.3 cm³/mol. The van der Waals surface area contributed by atoms with Crippen molar-refractivity contribution in [1.29, 1.82) is 0 Å². The molecule has 0 heterocycles. The van der Waals surface area contributed by atoms with Crippen molar-refractivity contribution >= 4 is 0 Å². The van der Waals surface area contributed by atoms with Crippen LogP contribution < -0.4 is 0 Å². The van der Waals surface area contributed by atoms with Gasteiger partial charge in [0.05, 0.1) is 5.56 Å². The molecule has 1 aromatic rings. The zero-order valence-corrected chi connectivity index (χ0v) is 7.69. The minimum absolute atomic E-state index is 0.253. The fraction of sp³-hybridized carbons (Fsp3) is 0.273. The molecule has 0 saturated heterocycles. The van der Waals surface area contributed by atoms with Crippen LogP contribution in [0.4, 0.5) is 4.39 Å². The van der Waals surface area contributed by atoms with Gasteiger partial charge < -0.3 is 0 Å². The molecule has 0 bridgehead atoms. The SMILES string of the molecule is CC.CC#Cc1ccccc1F. The van der Waals surface area contributed by atoms with Gasteiger partial charge in [0.2, 0.25) is 0 Å². The molecule has 1 rings (SSSR count). The van der Waals surface area contributed by atoms with Crippen molar-refractivity contribution in [3.8, 4) is 11.8 Å². The zero-order chi connectivity index (χ0) is 9.40. The number of halogens is 1. The molecule has 0 aliphatic rings. The molecular weight excluding hydrogens is 151 g/mol. The molecule has 0 atom stereocenters. The second-order valence-corrected chi connectivity index (χ2v) is 1.85. The molecule has 1 heteroatoms. The van der Waals surface area contributed by atoms with Crippen LogP contribution >= 0.6 is 0 Å². The Balaban J connectivity index is 0.000000561. The van der Waals surface area contributed by atoms with Crippen molar-refractivity contribution in [3.63, 3.8) is 0 Å². The fourth-order valence-corrected chi connectivity index (χ4v) is 0.697. The van der Waals surface area contributed by atoms with Gasteiger partial charge in [-0.05, 0) is 19.1 Å². The summed E-state index contributed by atoms with van der Waals surface area (Å²) < 4.78 is 12.7. The first-order chi connectivity index (χ1) is 5.84. The lowest BCUT2D eigenvalue weighted by atomic mass is 10.2. The summed E-state index contributed by atoms with van der Waals surface area (Å²) in [6.45, 7) is 5.69. The van der Waals surface area contributed by atoms with Crippen LogP contribution in [0.3, 0.4) is 0 Å². The van der Waals surface area contributed by atoms with E-state index in [2.05, 4.69) is 11.8 Å². The van der Waals surface area contributed by atoms with Gasteiger partial charge in [-0.3, -0.25) is 0 Å². The van der Waals surface area contributed by atoms with Gasteiger partial charge in [-0.1, -0.05) is 31.9 Å². The second kappa shape index (κ2) is 6.42. The average molecular weight is 164 g/mol. The van der Waals surface area contributed by atoms with Crippen LogP contribution in [0, 0.1) is 17.7 Å². The highest BCUT2D eigenvalue weighted by Crippen LogP contribution is 2.03. The van der Waals surface area contributed by atoms with Gasteiger partial charge in [-0.25, -0.2) is 4.39 Å². The lowest BCUT2D eigenvalue weighted by molar-refractivity contribution is 0.624. The van der Waals surface area contributed by atoms with Crippen molar-refractivity contribution < 1.29 is 4.39 Å². The van der Waals surface area contributed by atoms with Crippen LogP contribution in [0.1, 0.15) is 26.3 Å². The molecule has 0 spiro atoms. The molecule has 0 N–H and O–H groups in total. The van der Waals surface area contributed by atoms with Gasteiger partial charge in [0, 0.05) is 0 Å². The molecule has 0 saturated carbocycles. The molecule has 0 aromatic heterocycles. The Labute approximate surface area is 73.4 Å². The van der Waals surface area contributed by atoms with E-state index in [1.165, 1.54) is 6.07 Å². The molecule has 0 radical (unpaired) electrons. The summed E-state index contributed by atoms with van der Waals surface area (Å²) >= 11 is 0. The molecule has 0 unspecified atom stereocenters. The Morgan fingerprint density at radius 2 is 1.75 bits per heavy atom. The molecule has 0 fully saturated rings. The lowest BCUT2D eigenvalue weighted by Gasteiger charge is -1.89. The standard InChI is InChI=1S/C9H7F.C2H6/c1-2-5-8-6-3-4-7-9(8)10;1-2/h3-4,6-7H,1H3;1-2H3. The highest BCUT2D eigenvalue weighted by atomic mass is 19.1. The maximum Gasteiger partial charge on any atom is 0.138 e. The quantitative estimate of drug-likeness (QED) is 0.516. The minimum Gasteiger partial charge on any atom is -0.206 e. The second-order valence-electron chi connectivity index (χ2n) is 1.85. The Morgan fingerprint density at radius 3 is 2.25 bits per heavy atom. The third kappa shape index (κ3) is 3.21. The topological polar surface area (TPSA) is 0 Å². The summed E-state index contributed by atoms with van der Waals surface area (Å²) in [5, 5.41) is 0.